The number of fused-ring (bicyclic) bond motifs is 2. The Balaban J connectivity index is 1.16. The third-order valence-electron chi connectivity index (χ3n) is 8.93. The minimum atomic E-state index is -0.386. The van der Waals surface area contributed by atoms with Crippen LogP contribution in [0.2, 0.25) is 0 Å². The topological polar surface area (TPSA) is 127 Å². The molecule has 11 nitrogen and oxygen atoms in total. The second kappa shape index (κ2) is 12.4. The Kier molecular flexibility index (Phi) is 8.54. The van der Waals surface area contributed by atoms with E-state index in [2.05, 4.69) is 43.8 Å². The van der Waals surface area contributed by atoms with Crippen LogP contribution in [0.4, 0.5) is 10.6 Å². The number of nitrogens with zero attached hydrogens (tertiary/aromatic N) is 6. The molecule has 3 aromatic heterocycles. The first-order valence-electron chi connectivity index (χ1n) is 16.2. The average Bonchev–Trinajstić information content (AvgIpc) is 3.61. The van der Waals surface area contributed by atoms with Crippen molar-refractivity contribution in [3.05, 3.63) is 77.1 Å². The number of ketones is 1. The summed E-state index contributed by atoms with van der Waals surface area (Å²) in [5.74, 6) is 2.04. The minimum absolute atomic E-state index is 0.0814. The lowest BCUT2D eigenvalue weighted by molar-refractivity contribution is 0.0966. The Hall–Kier alpha value is -4.38. The number of aromatic nitrogens is 5. The van der Waals surface area contributed by atoms with Gasteiger partial charge in [-0.1, -0.05) is 52.0 Å². The van der Waals surface area contributed by atoms with Crippen molar-refractivity contribution in [3.8, 4) is 5.75 Å². The van der Waals surface area contributed by atoms with E-state index >= 15 is 0 Å². The van der Waals surface area contributed by atoms with Crippen molar-refractivity contribution in [1.29, 1.82) is 0 Å². The van der Waals surface area contributed by atoms with E-state index in [1.807, 2.05) is 80.7 Å². The molecule has 0 bridgehead atoms. The van der Waals surface area contributed by atoms with Gasteiger partial charge < -0.3 is 15.0 Å². The molecule has 0 aliphatic heterocycles. The summed E-state index contributed by atoms with van der Waals surface area (Å²) < 4.78 is 8.61. The number of nitrogens with one attached hydrogen (secondary N) is 2. The Bertz CT molecular complexity index is 1750. The van der Waals surface area contributed by atoms with E-state index in [-0.39, 0.29) is 40.6 Å². The van der Waals surface area contributed by atoms with Crippen molar-refractivity contribution in [3.63, 3.8) is 0 Å². The summed E-state index contributed by atoms with van der Waals surface area (Å²) in [5.41, 5.74) is 3.31. The minimum Gasteiger partial charge on any atom is -0.484 e. The third kappa shape index (κ3) is 6.89. The number of anilines is 1. The molecule has 2 N–H and O–H groups in total. The first kappa shape index (κ1) is 31.6. The van der Waals surface area contributed by atoms with Crippen molar-refractivity contribution < 1.29 is 14.3 Å². The molecule has 1 saturated carbocycles. The molecular formula is C35H44N8O3. The molecule has 6 rings (SSSR count). The van der Waals surface area contributed by atoms with Crippen LogP contribution in [0.3, 0.4) is 0 Å². The lowest BCUT2D eigenvalue weighted by Crippen LogP contribution is -2.36. The highest BCUT2D eigenvalue weighted by Gasteiger charge is 2.43. The normalized spacial score (nSPS) is 18.7. The van der Waals surface area contributed by atoms with E-state index in [1.165, 1.54) is 0 Å². The molecule has 46 heavy (non-hydrogen) atoms. The Labute approximate surface area is 270 Å². The van der Waals surface area contributed by atoms with E-state index in [4.69, 9.17) is 4.74 Å². The maximum Gasteiger partial charge on any atom is 0.320 e. The molecule has 2 amide bonds. The Morgan fingerprint density at radius 1 is 1.04 bits per heavy atom. The number of carbonyl (C=O) groups excluding carboxylic acids is 2. The fourth-order valence-corrected chi connectivity index (χ4v) is 5.95. The van der Waals surface area contributed by atoms with E-state index in [0.29, 0.717) is 30.8 Å². The van der Waals surface area contributed by atoms with Gasteiger partial charge in [0.25, 0.3) is 0 Å². The monoisotopic (exact) mass is 624 g/mol. The predicted octanol–water partition coefficient (Wildman–Crippen LogP) is 6.17. The molecule has 2 aliphatic rings. The van der Waals surface area contributed by atoms with Crippen LogP contribution in [-0.2, 0) is 10.8 Å². The summed E-state index contributed by atoms with van der Waals surface area (Å²) >= 11 is 0. The first-order valence-corrected chi connectivity index (χ1v) is 16.2. The van der Waals surface area contributed by atoms with Crippen molar-refractivity contribution in [2.24, 2.45) is 0 Å². The number of Topliss-reactive ketones (excluding diaryl/α,β-unsaturated/α-hetero) is 1. The standard InChI is InChI=1S/C35H44N8O3/c1-34(2,3)28-20-29(38-31(37-28)26(44)12-9-19-42(5)6)39-33(45)36-25-14-15-27(24-11-8-7-10-23(24)25)46-22-13-16-30-40-41-32(43(30)21-22)35(4)17-18-35/h7-8,10-11,13,16,20-21,25,27H,9,12,14-15,17-19H2,1-6H3,(H2,36,37,38,39,45)/t25-,27+/m0/s1. The maximum absolute atomic E-state index is 13.4. The zero-order valence-corrected chi connectivity index (χ0v) is 27.6. The van der Waals surface area contributed by atoms with Crippen LogP contribution in [0.5, 0.6) is 5.75 Å². The quantitative estimate of drug-likeness (QED) is 0.201. The van der Waals surface area contributed by atoms with E-state index < -0.39 is 0 Å². The van der Waals surface area contributed by atoms with Gasteiger partial charge in [-0.3, -0.25) is 14.5 Å². The molecule has 4 aromatic rings. The summed E-state index contributed by atoms with van der Waals surface area (Å²) in [6.45, 7) is 9.08. The molecule has 0 radical (unpaired) electrons. The lowest BCUT2D eigenvalue weighted by Gasteiger charge is -2.32. The fourth-order valence-electron chi connectivity index (χ4n) is 5.95. The summed E-state index contributed by atoms with van der Waals surface area (Å²) in [5, 5.41) is 14.8. The Morgan fingerprint density at radius 2 is 1.80 bits per heavy atom. The van der Waals surface area contributed by atoms with Crippen LogP contribution in [0.25, 0.3) is 5.65 Å². The molecule has 0 spiro atoms. The smallest absolute Gasteiger partial charge is 0.320 e. The molecule has 0 unspecified atom stereocenters. The van der Waals surface area contributed by atoms with Gasteiger partial charge >= 0.3 is 6.03 Å². The van der Waals surface area contributed by atoms with Crippen molar-refractivity contribution in [1.82, 2.24) is 34.8 Å². The molecule has 1 aromatic carbocycles. The third-order valence-corrected chi connectivity index (χ3v) is 8.93. The van der Waals surface area contributed by atoms with Crippen molar-refractivity contribution in [2.75, 3.05) is 26.0 Å². The summed E-state index contributed by atoms with van der Waals surface area (Å²) in [4.78, 5) is 37.4. The van der Waals surface area contributed by atoms with Gasteiger partial charge in [0, 0.05) is 23.3 Å². The number of urea groups is 1. The van der Waals surface area contributed by atoms with Gasteiger partial charge in [0.1, 0.15) is 23.5 Å². The first-order chi connectivity index (χ1) is 21.9. The molecular weight excluding hydrogens is 580 g/mol. The van der Waals surface area contributed by atoms with Crippen molar-refractivity contribution >= 4 is 23.3 Å². The maximum atomic E-state index is 13.4. The number of benzene rings is 1. The lowest BCUT2D eigenvalue weighted by atomic mass is 9.85. The summed E-state index contributed by atoms with van der Waals surface area (Å²) in [6, 6.07) is 13.1. The highest BCUT2D eigenvalue weighted by Crippen LogP contribution is 2.47. The van der Waals surface area contributed by atoms with Gasteiger partial charge in [-0.25, -0.2) is 14.8 Å². The summed E-state index contributed by atoms with van der Waals surface area (Å²) in [6.07, 6.45) is 6.52. The van der Waals surface area contributed by atoms with Crippen LogP contribution in [0.1, 0.15) is 112 Å². The number of ether oxygens (including phenoxy) is 1. The molecule has 1 fully saturated rings. The SMILES string of the molecule is CN(C)CCCC(=O)c1nc(NC(=O)N[C@H]2CC[C@@H](Oc3ccc4nnc(C5(C)CC5)n4c3)c3ccccc32)cc(C(C)(C)C)n1. The molecule has 0 saturated heterocycles. The average molecular weight is 625 g/mol. The summed E-state index contributed by atoms with van der Waals surface area (Å²) in [7, 11) is 3.95. The number of hydrogen-bond donors (Lipinski definition) is 2. The highest BCUT2D eigenvalue weighted by atomic mass is 16.5. The zero-order valence-electron chi connectivity index (χ0n) is 27.6. The van der Waals surface area contributed by atoms with Crippen LogP contribution in [0, 0.1) is 0 Å². The molecule has 3 heterocycles. The van der Waals surface area contributed by atoms with Gasteiger partial charge in [0.2, 0.25) is 0 Å². The molecule has 2 atom stereocenters. The van der Waals surface area contributed by atoms with Crippen LogP contribution in [0.15, 0.2) is 48.7 Å². The van der Waals surface area contributed by atoms with Crippen LogP contribution in [-0.4, -0.2) is 61.9 Å². The molecule has 242 valence electrons. The van der Waals surface area contributed by atoms with Crippen LogP contribution >= 0.6 is 0 Å². The second-order valence-electron chi connectivity index (χ2n) is 14.2. The fraction of sp³-hybridized carbons (Fsp3) is 0.486. The highest BCUT2D eigenvalue weighted by molar-refractivity contribution is 5.94. The number of pyridine rings is 1. The molecule has 2 aliphatic carbocycles. The molecule has 11 heteroatoms. The van der Waals surface area contributed by atoms with E-state index in [9.17, 15) is 9.59 Å². The van der Waals surface area contributed by atoms with Gasteiger partial charge in [-0.2, -0.15) is 0 Å². The second-order valence-corrected chi connectivity index (χ2v) is 14.2. The number of rotatable bonds is 10. The van der Waals surface area contributed by atoms with Crippen molar-refractivity contribution in [2.45, 2.75) is 89.2 Å². The predicted molar refractivity (Wildman–Crippen MR) is 176 cm³/mol. The number of hydrogen-bond acceptors (Lipinski definition) is 8. The van der Waals surface area contributed by atoms with Gasteiger partial charge in [0.05, 0.1) is 17.9 Å². The van der Waals surface area contributed by atoms with E-state index in [1.54, 1.807) is 6.07 Å². The van der Waals surface area contributed by atoms with E-state index in [0.717, 1.165) is 54.2 Å². The Morgan fingerprint density at radius 3 is 2.52 bits per heavy atom. The van der Waals surface area contributed by atoms with Gasteiger partial charge in [-0.05, 0) is 76.0 Å². The van der Waals surface area contributed by atoms with Gasteiger partial charge in [0.15, 0.2) is 17.3 Å². The number of carbonyl (C=O) groups is 2. The van der Waals surface area contributed by atoms with Gasteiger partial charge in [-0.15, -0.1) is 10.2 Å². The zero-order chi connectivity index (χ0) is 32.6. The largest absolute Gasteiger partial charge is 0.484 e. The number of amides is 2. The van der Waals surface area contributed by atoms with Crippen LogP contribution < -0.4 is 15.4 Å².